The van der Waals surface area contributed by atoms with Gasteiger partial charge in [-0.3, -0.25) is 4.79 Å². The topological polar surface area (TPSA) is 32.3 Å². The van der Waals surface area contributed by atoms with Crippen molar-refractivity contribution >= 4 is 5.91 Å². The highest BCUT2D eigenvalue weighted by atomic mass is 16.2. The first-order chi connectivity index (χ1) is 8.65. The minimum absolute atomic E-state index is 0.149. The summed E-state index contributed by atoms with van der Waals surface area (Å²) in [6, 6.07) is 0. The molecule has 0 saturated carbocycles. The summed E-state index contributed by atoms with van der Waals surface area (Å²) in [4.78, 5) is 14.9. The van der Waals surface area contributed by atoms with Crippen LogP contribution in [-0.2, 0) is 4.79 Å². The van der Waals surface area contributed by atoms with Crippen LogP contribution in [0.25, 0.3) is 0 Å². The van der Waals surface area contributed by atoms with Crippen LogP contribution in [0.1, 0.15) is 52.4 Å². The van der Waals surface area contributed by atoms with E-state index in [4.69, 9.17) is 0 Å². The highest BCUT2D eigenvalue weighted by Crippen LogP contribution is 2.30. The lowest BCUT2D eigenvalue weighted by molar-refractivity contribution is -0.142. The van der Waals surface area contributed by atoms with E-state index < -0.39 is 0 Å². The van der Waals surface area contributed by atoms with Gasteiger partial charge in [0.2, 0.25) is 5.91 Å². The van der Waals surface area contributed by atoms with Gasteiger partial charge in [0.1, 0.15) is 0 Å². The molecule has 1 amide bonds. The molecule has 2 unspecified atom stereocenters. The van der Waals surface area contributed by atoms with Gasteiger partial charge in [-0.2, -0.15) is 0 Å². The van der Waals surface area contributed by atoms with Crippen LogP contribution in [-0.4, -0.2) is 37.0 Å². The summed E-state index contributed by atoms with van der Waals surface area (Å²) < 4.78 is 0. The number of piperidine rings is 1. The first-order valence-corrected chi connectivity index (χ1v) is 7.66. The summed E-state index contributed by atoms with van der Waals surface area (Å²) in [7, 11) is 0. The Bertz CT molecular complexity index is 284. The molecule has 3 heteroatoms. The van der Waals surface area contributed by atoms with E-state index in [0.29, 0.717) is 5.91 Å². The number of carbonyl (C=O) groups excluding carboxylic acids is 1. The van der Waals surface area contributed by atoms with Crippen molar-refractivity contribution in [2.45, 2.75) is 52.4 Å². The molecular weight excluding hydrogens is 224 g/mol. The molecule has 104 valence electrons. The van der Waals surface area contributed by atoms with Crippen LogP contribution in [0.15, 0.2) is 0 Å². The number of nitrogens with one attached hydrogen (secondary N) is 1. The van der Waals surface area contributed by atoms with Crippen molar-refractivity contribution in [3.8, 4) is 0 Å². The van der Waals surface area contributed by atoms with E-state index in [-0.39, 0.29) is 5.41 Å². The maximum Gasteiger partial charge on any atom is 0.229 e. The molecule has 2 saturated heterocycles. The van der Waals surface area contributed by atoms with Crippen LogP contribution in [0, 0.1) is 11.3 Å². The Balaban J connectivity index is 1.95. The van der Waals surface area contributed by atoms with Crippen molar-refractivity contribution < 1.29 is 4.79 Å². The predicted octanol–water partition coefficient (Wildman–Crippen LogP) is 2.41. The second-order valence-electron chi connectivity index (χ2n) is 6.34. The quantitative estimate of drug-likeness (QED) is 0.818. The Morgan fingerprint density at radius 1 is 1.33 bits per heavy atom. The van der Waals surface area contributed by atoms with Gasteiger partial charge in [0.05, 0.1) is 5.41 Å². The molecule has 0 aromatic carbocycles. The lowest BCUT2D eigenvalue weighted by Gasteiger charge is -2.37. The number of hydrogen-bond donors (Lipinski definition) is 1. The largest absolute Gasteiger partial charge is 0.342 e. The summed E-state index contributed by atoms with van der Waals surface area (Å²) in [6.07, 6.45) is 7.13. The van der Waals surface area contributed by atoms with Gasteiger partial charge in [0.15, 0.2) is 0 Å². The third-order valence-electron chi connectivity index (χ3n) is 4.83. The van der Waals surface area contributed by atoms with Gasteiger partial charge in [-0.15, -0.1) is 0 Å². The smallest absolute Gasteiger partial charge is 0.229 e. The number of hydrogen-bond acceptors (Lipinski definition) is 2. The normalized spacial score (nSPS) is 34.1. The summed E-state index contributed by atoms with van der Waals surface area (Å²) >= 11 is 0. The van der Waals surface area contributed by atoms with Crippen LogP contribution < -0.4 is 5.32 Å². The molecule has 0 aromatic rings. The van der Waals surface area contributed by atoms with Gasteiger partial charge in [0, 0.05) is 19.6 Å². The fourth-order valence-electron chi connectivity index (χ4n) is 3.40. The fraction of sp³-hybridized carbons (Fsp3) is 0.933. The number of nitrogens with zero attached hydrogens (tertiary/aromatic N) is 1. The van der Waals surface area contributed by atoms with Crippen molar-refractivity contribution in [2.24, 2.45) is 11.3 Å². The highest BCUT2D eigenvalue weighted by molar-refractivity contribution is 5.82. The van der Waals surface area contributed by atoms with E-state index >= 15 is 0 Å². The SMILES string of the molecule is CCC1CCCN(C(=O)C2(C)CCCNC2)CC1. The predicted molar refractivity (Wildman–Crippen MR) is 74.4 cm³/mol. The molecule has 0 bridgehead atoms. The highest BCUT2D eigenvalue weighted by Gasteiger charge is 2.38. The van der Waals surface area contributed by atoms with Gasteiger partial charge < -0.3 is 10.2 Å². The molecule has 3 nitrogen and oxygen atoms in total. The van der Waals surface area contributed by atoms with Gasteiger partial charge in [-0.1, -0.05) is 13.3 Å². The molecule has 2 rings (SSSR count). The molecule has 2 fully saturated rings. The minimum Gasteiger partial charge on any atom is -0.342 e. The zero-order valence-corrected chi connectivity index (χ0v) is 12.0. The van der Waals surface area contributed by atoms with Crippen molar-refractivity contribution in [1.82, 2.24) is 10.2 Å². The number of likely N-dealkylation sites (tertiary alicyclic amines) is 1. The van der Waals surface area contributed by atoms with E-state index in [2.05, 4.69) is 24.1 Å². The van der Waals surface area contributed by atoms with E-state index in [1.165, 1.54) is 25.7 Å². The monoisotopic (exact) mass is 252 g/mol. The molecule has 0 aliphatic carbocycles. The van der Waals surface area contributed by atoms with E-state index in [1.54, 1.807) is 0 Å². The second kappa shape index (κ2) is 6.05. The average Bonchev–Trinajstić information content (AvgIpc) is 2.64. The van der Waals surface area contributed by atoms with Gasteiger partial charge >= 0.3 is 0 Å². The maximum atomic E-state index is 12.7. The summed E-state index contributed by atoms with van der Waals surface area (Å²) in [5, 5.41) is 3.38. The van der Waals surface area contributed by atoms with Gasteiger partial charge in [-0.25, -0.2) is 0 Å². The second-order valence-corrected chi connectivity index (χ2v) is 6.34. The Morgan fingerprint density at radius 3 is 2.83 bits per heavy atom. The molecule has 2 heterocycles. The molecule has 2 aliphatic heterocycles. The molecule has 0 spiro atoms. The summed E-state index contributed by atoms with van der Waals surface area (Å²) in [5.41, 5.74) is -0.149. The van der Waals surface area contributed by atoms with E-state index in [0.717, 1.165) is 44.9 Å². The zero-order valence-electron chi connectivity index (χ0n) is 12.0. The summed E-state index contributed by atoms with van der Waals surface area (Å²) in [6.45, 7) is 8.30. The first-order valence-electron chi connectivity index (χ1n) is 7.66. The number of carbonyl (C=O) groups is 1. The molecule has 0 aromatic heterocycles. The maximum absolute atomic E-state index is 12.7. The molecule has 2 atom stereocenters. The van der Waals surface area contributed by atoms with Crippen LogP contribution in [0.2, 0.25) is 0 Å². The molecular formula is C15H28N2O. The Hall–Kier alpha value is -0.570. The van der Waals surface area contributed by atoms with Crippen LogP contribution in [0.3, 0.4) is 0 Å². The van der Waals surface area contributed by atoms with Gasteiger partial charge in [-0.05, 0) is 51.5 Å². The third kappa shape index (κ3) is 3.05. The Morgan fingerprint density at radius 2 is 2.17 bits per heavy atom. The lowest BCUT2D eigenvalue weighted by Crippen LogP contribution is -2.50. The third-order valence-corrected chi connectivity index (χ3v) is 4.83. The minimum atomic E-state index is -0.149. The molecule has 2 aliphatic rings. The first kappa shape index (κ1) is 13.9. The van der Waals surface area contributed by atoms with Crippen molar-refractivity contribution in [2.75, 3.05) is 26.2 Å². The molecule has 18 heavy (non-hydrogen) atoms. The number of rotatable bonds is 2. The van der Waals surface area contributed by atoms with E-state index in [1.807, 2.05) is 0 Å². The lowest BCUT2D eigenvalue weighted by atomic mass is 9.81. The van der Waals surface area contributed by atoms with Crippen LogP contribution in [0.5, 0.6) is 0 Å². The van der Waals surface area contributed by atoms with Crippen LogP contribution in [0.4, 0.5) is 0 Å². The summed E-state index contributed by atoms with van der Waals surface area (Å²) in [5.74, 6) is 1.23. The molecule has 0 radical (unpaired) electrons. The molecule has 1 N–H and O–H groups in total. The number of amides is 1. The standard InChI is InChI=1S/C15H28N2O/c1-3-13-6-4-10-17(11-7-13)14(18)15(2)8-5-9-16-12-15/h13,16H,3-12H2,1-2H3. The van der Waals surface area contributed by atoms with E-state index in [9.17, 15) is 4.79 Å². The van der Waals surface area contributed by atoms with Crippen molar-refractivity contribution in [1.29, 1.82) is 0 Å². The Labute approximate surface area is 111 Å². The fourth-order valence-corrected chi connectivity index (χ4v) is 3.40. The Kier molecular flexibility index (Phi) is 4.66. The average molecular weight is 252 g/mol. The van der Waals surface area contributed by atoms with Crippen LogP contribution >= 0.6 is 0 Å². The zero-order chi connectivity index (χ0) is 13.0. The van der Waals surface area contributed by atoms with Crippen molar-refractivity contribution in [3.63, 3.8) is 0 Å². The van der Waals surface area contributed by atoms with Crippen molar-refractivity contribution in [3.05, 3.63) is 0 Å². The van der Waals surface area contributed by atoms with Gasteiger partial charge in [0.25, 0.3) is 0 Å².